The average Bonchev–Trinajstić information content (AvgIpc) is 3.30. The molecular formula is C23H21ClN4OS. The summed E-state index contributed by atoms with van der Waals surface area (Å²) in [5, 5.41) is 10.1. The largest absolute Gasteiger partial charge is 0.351 e. The number of hydrogen-bond acceptors (Lipinski definition) is 4. The highest BCUT2D eigenvalue weighted by molar-refractivity contribution is 7.99. The van der Waals surface area contributed by atoms with E-state index in [0.29, 0.717) is 16.0 Å². The fraction of sp³-hybridized carbons (Fsp3) is 0.174. The third-order valence-electron chi connectivity index (χ3n) is 5.16. The Bertz CT molecular complexity index is 1200. The Morgan fingerprint density at radius 1 is 1.03 bits per heavy atom. The Hall–Kier alpha value is -2.83. The van der Waals surface area contributed by atoms with Gasteiger partial charge in [-0.2, -0.15) is 0 Å². The lowest BCUT2D eigenvalue weighted by Crippen LogP contribution is -2.06. The minimum atomic E-state index is 0.0804. The van der Waals surface area contributed by atoms with Crippen molar-refractivity contribution >= 4 is 29.1 Å². The van der Waals surface area contributed by atoms with E-state index in [-0.39, 0.29) is 11.5 Å². The van der Waals surface area contributed by atoms with E-state index in [0.717, 1.165) is 28.2 Å². The fourth-order valence-electron chi connectivity index (χ4n) is 3.30. The summed E-state index contributed by atoms with van der Waals surface area (Å²) in [5.74, 6) is 1.08. The van der Waals surface area contributed by atoms with Gasteiger partial charge in [0.15, 0.2) is 16.8 Å². The topological polar surface area (TPSA) is 52.7 Å². The minimum Gasteiger partial charge on any atom is -0.351 e. The third kappa shape index (κ3) is 3.93. The van der Waals surface area contributed by atoms with Crippen LogP contribution in [0, 0.1) is 13.8 Å². The molecule has 7 heteroatoms. The van der Waals surface area contributed by atoms with Gasteiger partial charge in [-0.25, -0.2) is 0 Å². The van der Waals surface area contributed by atoms with Crippen LogP contribution in [0.1, 0.15) is 21.7 Å². The van der Waals surface area contributed by atoms with Gasteiger partial charge in [-0.1, -0.05) is 41.6 Å². The Morgan fingerprint density at radius 3 is 2.37 bits per heavy atom. The Morgan fingerprint density at radius 2 is 1.73 bits per heavy atom. The second-order valence-electron chi connectivity index (χ2n) is 7.04. The van der Waals surface area contributed by atoms with Crippen LogP contribution in [0.15, 0.2) is 65.8 Å². The third-order valence-corrected chi connectivity index (χ3v) is 6.34. The highest BCUT2D eigenvalue weighted by Crippen LogP contribution is 2.29. The number of carbonyl (C=O) groups is 1. The van der Waals surface area contributed by atoms with Crippen molar-refractivity contribution in [2.75, 3.05) is 5.75 Å². The quantitative estimate of drug-likeness (QED) is 0.295. The van der Waals surface area contributed by atoms with Crippen LogP contribution in [0.5, 0.6) is 0 Å². The van der Waals surface area contributed by atoms with E-state index in [1.54, 1.807) is 0 Å². The zero-order valence-electron chi connectivity index (χ0n) is 17.0. The van der Waals surface area contributed by atoms with Crippen molar-refractivity contribution in [1.82, 2.24) is 19.3 Å². The number of Topliss-reactive ketones (excluding diaryl/α,β-unsaturated/α-hetero) is 1. The van der Waals surface area contributed by atoms with Gasteiger partial charge in [0.25, 0.3) is 0 Å². The number of rotatable bonds is 6. The second-order valence-corrected chi connectivity index (χ2v) is 8.42. The molecule has 0 aliphatic carbocycles. The number of aromatic nitrogens is 4. The molecule has 0 radical (unpaired) electrons. The molecule has 4 rings (SSSR count). The normalized spacial score (nSPS) is 11.1. The predicted molar refractivity (Wildman–Crippen MR) is 122 cm³/mol. The fourth-order valence-corrected chi connectivity index (χ4v) is 4.27. The van der Waals surface area contributed by atoms with Gasteiger partial charge in [-0.3, -0.25) is 9.36 Å². The van der Waals surface area contributed by atoms with Gasteiger partial charge in [0.2, 0.25) is 0 Å². The van der Waals surface area contributed by atoms with Crippen LogP contribution in [-0.4, -0.2) is 30.9 Å². The molecule has 4 aromatic rings. The molecule has 2 aromatic heterocycles. The molecule has 0 saturated heterocycles. The summed E-state index contributed by atoms with van der Waals surface area (Å²) < 4.78 is 4.01. The standard InChI is InChI=1S/C23H21ClN4OS/c1-15-13-20(16(2)27(15)3)21(29)14-30-23-26-25-22(17-9-11-18(24)12-10-17)28(23)19-7-5-4-6-8-19/h4-13H,14H2,1-3H3. The van der Waals surface area contributed by atoms with E-state index < -0.39 is 0 Å². The zero-order chi connectivity index (χ0) is 21.3. The Kier molecular flexibility index (Phi) is 5.79. The van der Waals surface area contributed by atoms with Crippen molar-refractivity contribution in [3.05, 3.63) is 82.6 Å². The summed E-state index contributed by atoms with van der Waals surface area (Å²) >= 11 is 7.44. The number of aryl methyl sites for hydroxylation is 1. The smallest absolute Gasteiger partial charge is 0.196 e. The molecule has 0 aliphatic rings. The van der Waals surface area contributed by atoms with Gasteiger partial charge in [0, 0.05) is 40.3 Å². The van der Waals surface area contributed by atoms with Crippen LogP contribution >= 0.6 is 23.4 Å². The van der Waals surface area contributed by atoms with E-state index >= 15 is 0 Å². The van der Waals surface area contributed by atoms with Gasteiger partial charge in [0.05, 0.1) is 5.75 Å². The zero-order valence-corrected chi connectivity index (χ0v) is 18.5. The summed E-state index contributed by atoms with van der Waals surface area (Å²) in [6.07, 6.45) is 0. The highest BCUT2D eigenvalue weighted by atomic mass is 35.5. The van der Waals surface area contributed by atoms with Gasteiger partial charge >= 0.3 is 0 Å². The molecule has 30 heavy (non-hydrogen) atoms. The molecule has 0 fully saturated rings. The number of carbonyl (C=O) groups excluding carboxylic acids is 1. The number of halogens is 1. The van der Waals surface area contributed by atoms with E-state index in [2.05, 4.69) is 10.2 Å². The maximum atomic E-state index is 12.9. The molecule has 2 aromatic carbocycles. The first-order chi connectivity index (χ1) is 14.5. The van der Waals surface area contributed by atoms with Gasteiger partial charge < -0.3 is 4.57 Å². The number of benzene rings is 2. The van der Waals surface area contributed by atoms with E-state index in [1.807, 2.05) is 90.7 Å². The predicted octanol–water partition coefficient (Wildman–Crippen LogP) is 5.52. The van der Waals surface area contributed by atoms with Crippen molar-refractivity contribution in [1.29, 1.82) is 0 Å². The molecule has 152 valence electrons. The molecule has 0 N–H and O–H groups in total. The number of ketones is 1. The highest BCUT2D eigenvalue weighted by Gasteiger charge is 2.19. The van der Waals surface area contributed by atoms with Crippen molar-refractivity contribution in [2.24, 2.45) is 7.05 Å². The van der Waals surface area contributed by atoms with Crippen molar-refractivity contribution < 1.29 is 4.79 Å². The van der Waals surface area contributed by atoms with Gasteiger partial charge in [0.1, 0.15) is 0 Å². The number of nitrogens with zero attached hydrogens (tertiary/aromatic N) is 4. The first kappa shape index (κ1) is 20.4. The van der Waals surface area contributed by atoms with Crippen molar-refractivity contribution in [2.45, 2.75) is 19.0 Å². The van der Waals surface area contributed by atoms with Gasteiger partial charge in [-0.05, 0) is 56.3 Å². The van der Waals surface area contributed by atoms with Crippen LogP contribution in [0.2, 0.25) is 5.02 Å². The maximum absolute atomic E-state index is 12.9. The summed E-state index contributed by atoms with van der Waals surface area (Å²) in [4.78, 5) is 12.9. The first-order valence-electron chi connectivity index (χ1n) is 9.51. The van der Waals surface area contributed by atoms with Crippen LogP contribution in [0.3, 0.4) is 0 Å². The van der Waals surface area contributed by atoms with E-state index in [4.69, 9.17) is 11.6 Å². The molecule has 0 atom stereocenters. The molecule has 5 nitrogen and oxygen atoms in total. The van der Waals surface area contributed by atoms with Crippen LogP contribution in [0.4, 0.5) is 0 Å². The molecule has 0 aliphatic heterocycles. The maximum Gasteiger partial charge on any atom is 0.196 e. The summed E-state index contributed by atoms with van der Waals surface area (Å²) in [7, 11) is 1.97. The van der Waals surface area contributed by atoms with Crippen LogP contribution in [0.25, 0.3) is 17.1 Å². The molecule has 0 bridgehead atoms. The number of para-hydroxylation sites is 1. The molecular weight excluding hydrogens is 416 g/mol. The number of thioether (sulfide) groups is 1. The monoisotopic (exact) mass is 436 g/mol. The van der Waals surface area contributed by atoms with E-state index in [1.165, 1.54) is 11.8 Å². The first-order valence-corrected chi connectivity index (χ1v) is 10.9. The summed E-state index contributed by atoms with van der Waals surface area (Å²) in [5.41, 5.74) is 4.65. The summed E-state index contributed by atoms with van der Waals surface area (Å²) in [6.45, 7) is 3.97. The molecule has 0 saturated carbocycles. The van der Waals surface area contributed by atoms with Crippen molar-refractivity contribution in [3.8, 4) is 17.1 Å². The minimum absolute atomic E-state index is 0.0804. The van der Waals surface area contributed by atoms with Crippen LogP contribution < -0.4 is 0 Å². The SMILES string of the molecule is Cc1cc(C(=O)CSc2nnc(-c3ccc(Cl)cc3)n2-c2ccccc2)c(C)n1C. The van der Waals surface area contributed by atoms with Crippen LogP contribution in [-0.2, 0) is 7.05 Å². The Balaban J connectivity index is 1.67. The lowest BCUT2D eigenvalue weighted by atomic mass is 10.2. The molecule has 0 spiro atoms. The second kappa shape index (κ2) is 8.50. The average molecular weight is 437 g/mol. The Labute approximate surface area is 184 Å². The number of hydrogen-bond donors (Lipinski definition) is 0. The molecule has 0 amide bonds. The van der Waals surface area contributed by atoms with E-state index in [9.17, 15) is 4.79 Å². The molecule has 0 unspecified atom stereocenters. The molecule has 2 heterocycles. The lowest BCUT2D eigenvalue weighted by Gasteiger charge is -2.10. The lowest BCUT2D eigenvalue weighted by molar-refractivity contribution is 0.102. The van der Waals surface area contributed by atoms with Crippen molar-refractivity contribution in [3.63, 3.8) is 0 Å². The van der Waals surface area contributed by atoms with Gasteiger partial charge in [-0.15, -0.1) is 10.2 Å². The summed E-state index contributed by atoms with van der Waals surface area (Å²) in [6, 6.07) is 19.3.